The summed E-state index contributed by atoms with van der Waals surface area (Å²) < 4.78 is 38.1. The van der Waals surface area contributed by atoms with Crippen molar-refractivity contribution < 1.29 is 18.0 Å². The molecule has 2 aromatic rings. The summed E-state index contributed by atoms with van der Waals surface area (Å²) in [5.41, 5.74) is -3.56. The zero-order valence-electron chi connectivity index (χ0n) is 10.5. The van der Waals surface area contributed by atoms with E-state index in [0.29, 0.717) is 6.07 Å². The Morgan fingerprint density at radius 2 is 1.91 bits per heavy atom. The maximum absolute atomic E-state index is 12.7. The van der Waals surface area contributed by atoms with Crippen LogP contribution < -0.4 is 16.6 Å². The highest BCUT2D eigenvalue weighted by Crippen LogP contribution is 2.36. The molecule has 0 saturated carbocycles. The molecule has 0 spiro atoms. The highest BCUT2D eigenvalue weighted by atomic mass is 35.5. The Morgan fingerprint density at radius 3 is 2.50 bits per heavy atom. The van der Waals surface area contributed by atoms with Crippen molar-refractivity contribution in [3.05, 3.63) is 61.4 Å². The fourth-order valence-corrected chi connectivity index (χ4v) is 1.82. The van der Waals surface area contributed by atoms with Gasteiger partial charge in [-0.3, -0.25) is 14.6 Å². The quantitative estimate of drug-likeness (QED) is 0.784. The molecule has 0 fully saturated rings. The fourth-order valence-electron chi connectivity index (χ4n) is 1.60. The van der Waals surface area contributed by atoms with Gasteiger partial charge in [0, 0.05) is 11.9 Å². The van der Waals surface area contributed by atoms with E-state index in [2.05, 4.69) is 10.3 Å². The number of H-pyrrole nitrogens is 2. The summed E-state index contributed by atoms with van der Waals surface area (Å²) in [7, 11) is 0. The van der Waals surface area contributed by atoms with Crippen molar-refractivity contribution in [3.8, 4) is 0 Å². The minimum atomic E-state index is -4.69. The van der Waals surface area contributed by atoms with Crippen LogP contribution in [0, 0.1) is 0 Å². The van der Waals surface area contributed by atoms with Crippen LogP contribution in [0.15, 0.2) is 34.0 Å². The molecule has 1 heterocycles. The average molecular weight is 334 g/mol. The molecular weight excluding hydrogens is 327 g/mol. The summed E-state index contributed by atoms with van der Waals surface area (Å²) in [4.78, 5) is 38.0. The van der Waals surface area contributed by atoms with Crippen LogP contribution in [0.4, 0.5) is 18.9 Å². The lowest BCUT2D eigenvalue weighted by Gasteiger charge is -2.11. The molecule has 0 aliphatic rings. The number of aromatic nitrogens is 2. The molecule has 0 saturated heterocycles. The lowest BCUT2D eigenvalue weighted by atomic mass is 10.2. The van der Waals surface area contributed by atoms with Gasteiger partial charge in [-0.05, 0) is 18.2 Å². The number of carbonyl (C=O) groups is 1. The van der Waals surface area contributed by atoms with Gasteiger partial charge in [0.25, 0.3) is 11.5 Å². The molecule has 0 radical (unpaired) electrons. The Bertz CT molecular complexity index is 842. The summed E-state index contributed by atoms with van der Waals surface area (Å²) in [5.74, 6) is -0.979. The van der Waals surface area contributed by atoms with Crippen LogP contribution in [-0.2, 0) is 6.18 Å². The first-order valence-corrected chi connectivity index (χ1v) is 6.06. The predicted molar refractivity (Wildman–Crippen MR) is 72.1 cm³/mol. The van der Waals surface area contributed by atoms with Crippen molar-refractivity contribution in [3.63, 3.8) is 0 Å². The first-order chi connectivity index (χ1) is 10.2. The molecule has 1 aromatic carbocycles. The summed E-state index contributed by atoms with van der Waals surface area (Å²) in [6.45, 7) is 0. The van der Waals surface area contributed by atoms with Gasteiger partial charge in [-0.1, -0.05) is 11.6 Å². The number of halogens is 4. The topological polar surface area (TPSA) is 94.8 Å². The van der Waals surface area contributed by atoms with Crippen LogP contribution in [0.25, 0.3) is 0 Å². The van der Waals surface area contributed by atoms with E-state index in [-0.39, 0.29) is 5.69 Å². The third-order valence-electron chi connectivity index (χ3n) is 2.59. The van der Waals surface area contributed by atoms with Crippen molar-refractivity contribution in [2.75, 3.05) is 5.32 Å². The molecule has 0 unspecified atom stereocenters. The van der Waals surface area contributed by atoms with E-state index in [1.807, 2.05) is 4.98 Å². The minimum Gasteiger partial charge on any atom is -0.322 e. The van der Waals surface area contributed by atoms with Crippen molar-refractivity contribution in [1.29, 1.82) is 0 Å². The number of carbonyl (C=O) groups excluding carboxylic acids is 1. The van der Waals surface area contributed by atoms with Gasteiger partial charge in [0.15, 0.2) is 0 Å². The standard InChI is InChI=1S/C12H7ClF3N3O3/c13-8-2-1-5(3-7(8)12(14,15)16)18-9(20)6-4-17-11(22)19-10(6)21/h1-4H,(H,18,20)(H2,17,19,21,22). The summed E-state index contributed by atoms with van der Waals surface area (Å²) in [6.07, 6.45) is -3.83. The van der Waals surface area contributed by atoms with Crippen LogP contribution in [-0.4, -0.2) is 15.9 Å². The highest BCUT2D eigenvalue weighted by molar-refractivity contribution is 6.31. The molecule has 0 aliphatic heterocycles. The average Bonchev–Trinajstić information content (AvgIpc) is 2.39. The lowest BCUT2D eigenvalue weighted by Crippen LogP contribution is -2.29. The number of anilines is 1. The second-order valence-electron chi connectivity index (χ2n) is 4.13. The number of rotatable bonds is 2. The van der Waals surface area contributed by atoms with E-state index < -0.39 is 39.5 Å². The minimum absolute atomic E-state index is 0.202. The Kier molecular flexibility index (Phi) is 4.09. The van der Waals surface area contributed by atoms with E-state index in [9.17, 15) is 27.6 Å². The molecular formula is C12H7ClF3N3O3. The van der Waals surface area contributed by atoms with Crippen LogP contribution in [0.1, 0.15) is 15.9 Å². The molecule has 116 valence electrons. The van der Waals surface area contributed by atoms with E-state index in [1.165, 1.54) is 0 Å². The second kappa shape index (κ2) is 5.68. The first kappa shape index (κ1) is 15.8. The van der Waals surface area contributed by atoms with Crippen LogP contribution in [0.5, 0.6) is 0 Å². The van der Waals surface area contributed by atoms with Crippen molar-refractivity contribution >= 4 is 23.2 Å². The molecule has 2 rings (SSSR count). The summed E-state index contributed by atoms with van der Waals surface area (Å²) in [5, 5.41) is 1.60. The van der Waals surface area contributed by atoms with E-state index in [4.69, 9.17) is 11.6 Å². The molecule has 0 aliphatic carbocycles. The fraction of sp³-hybridized carbons (Fsp3) is 0.0833. The molecule has 22 heavy (non-hydrogen) atoms. The Hall–Kier alpha value is -2.55. The van der Waals surface area contributed by atoms with Gasteiger partial charge in [-0.2, -0.15) is 13.2 Å². The summed E-state index contributed by atoms with van der Waals surface area (Å²) >= 11 is 5.45. The summed E-state index contributed by atoms with van der Waals surface area (Å²) in [6, 6.07) is 2.76. The maximum atomic E-state index is 12.7. The number of hydrogen-bond donors (Lipinski definition) is 3. The largest absolute Gasteiger partial charge is 0.417 e. The van der Waals surface area contributed by atoms with Crippen LogP contribution >= 0.6 is 11.6 Å². The Labute approximate surface area is 124 Å². The number of benzene rings is 1. The molecule has 3 N–H and O–H groups in total. The maximum Gasteiger partial charge on any atom is 0.417 e. The van der Waals surface area contributed by atoms with Gasteiger partial charge in [0.05, 0.1) is 10.6 Å². The van der Waals surface area contributed by atoms with Crippen LogP contribution in [0.3, 0.4) is 0 Å². The number of hydrogen-bond acceptors (Lipinski definition) is 3. The number of alkyl halides is 3. The van der Waals surface area contributed by atoms with E-state index >= 15 is 0 Å². The molecule has 6 nitrogen and oxygen atoms in total. The highest BCUT2D eigenvalue weighted by Gasteiger charge is 2.33. The lowest BCUT2D eigenvalue weighted by molar-refractivity contribution is -0.137. The van der Waals surface area contributed by atoms with Gasteiger partial charge >= 0.3 is 11.9 Å². The number of amides is 1. The molecule has 0 bridgehead atoms. The van der Waals surface area contributed by atoms with Crippen molar-refractivity contribution in [2.24, 2.45) is 0 Å². The molecule has 1 aromatic heterocycles. The van der Waals surface area contributed by atoms with E-state index in [0.717, 1.165) is 18.3 Å². The zero-order valence-corrected chi connectivity index (χ0v) is 11.3. The molecule has 0 atom stereocenters. The number of nitrogens with one attached hydrogen (secondary N) is 3. The normalized spacial score (nSPS) is 11.3. The van der Waals surface area contributed by atoms with Gasteiger partial charge in [-0.25, -0.2) is 4.79 Å². The van der Waals surface area contributed by atoms with Gasteiger partial charge in [0.1, 0.15) is 5.56 Å². The molecule has 10 heteroatoms. The van der Waals surface area contributed by atoms with E-state index in [1.54, 1.807) is 0 Å². The van der Waals surface area contributed by atoms with Crippen molar-refractivity contribution in [1.82, 2.24) is 9.97 Å². The van der Waals surface area contributed by atoms with Crippen molar-refractivity contribution in [2.45, 2.75) is 6.18 Å². The Morgan fingerprint density at radius 1 is 1.23 bits per heavy atom. The second-order valence-corrected chi connectivity index (χ2v) is 4.54. The monoisotopic (exact) mass is 333 g/mol. The third-order valence-corrected chi connectivity index (χ3v) is 2.92. The number of aromatic amines is 2. The smallest absolute Gasteiger partial charge is 0.322 e. The zero-order chi connectivity index (χ0) is 16.5. The van der Waals surface area contributed by atoms with Crippen LogP contribution in [0.2, 0.25) is 5.02 Å². The van der Waals surface area contributed by atoms with Gasteiger partial charge in [-0.15, -0.1) is 0 Å². The molecule has 1 amide bonds. The SMILES string of the molecule is O=C(Nc1ccc(Cl)c(C(F)(F)F)c1)c1c[nH]c(=O)[nH]c1=O. The van der Waals surface area contributed by atoms with Gasteiger partial charge < -0.3 is 10.3 Å². The Balaban J connectivity index is 2.33. The predicted octanol–water partition coefficient (Wildman–Crippen LogP) is 1.99. The first-order valence-electron chi connectivity index (χ1n) is 5.68. The third kappa shape index (κ3) is 3.37. The van der Waals surface area contributed by atoms with Gasteiger partial charge in [0.2, 0.25) is 0 Å².